The lowest BCUT2D eigenvalue weighted by atomic mass is 9.77. The van der Waals surface area contributed by atoms with Gasteiger partial charge in [-0.05, 0) is 131 Å². The summed E-state index contributed by atoms with van der Waals surface area (Å²) < 4.78 is 50.3. The molecule has 2 aromatic carbocycles. The van der Waals surface area contributed by atoms with E-state index in [0.29, 0.717) is 17.4 Å². The third kappa shape index (κ3) is 7.20. The van der Waals surface area contributed by atoms with Gasteiger partial charge < -0.3 is 4.74 Å². The number of hydrogen-bond donors (Lipinski definition) is 0. The van der Waals surface area contributed by atoms with Gasteiger partial charge in [-0.3, -0.25) is 0 Å². The van der Waals surface area contributed by atoms with Gasteiger partial charge in [0.1, 0.15) is 5.82 Å². The van der Waals surface area contributed by atoms with Crippen molar-refractivity contribution in [2.75, 3.05) is 0 Å². The maximum atomic E-state index is 15.1. The first-order valence-electron chi connectivity index (χ1n) is 14.5. The quantitative estimate of drug-likeness (QED) is 0.281. The summed E-state index contributed by atoms with van der Waals surface area (Å²) in [6, 6.07) is 12.0. The second kappa shape index (κ2) is 13.2. The lowest BCUT2D eigenvalue weighted by molar-refractivity contribution is -0.273. The Morgan fingerprint density at radius 1 is 0.921 bits per heavy atom. The molecule has 0 N–H and O–H groups in total. The Morgan fingerprint density at radius 2 is 1.53 bits per heavy atom. The van der Waals surface area contributed by atoms with Crippen molar-refractivity contribution < 1.29 is 17.9 Å². The molecule has 0 aliphatic heterocycles. The zero-order valence-corrected chi connectivity index (χ0v) is 23.0. The Labute approximate surface area is 227 Å². The van der Waals surface area contributed by atoms with E-state index in [1.165, 1.54) is 37.0 Å². The van der Waals surface area contributed by atoms with Crippen molar-refractivity contribution in [1.82, 2.24) is 0 Å². The summed E-state index contributed by atoms with van der Waals surface area (Å²) in [5.74, 6) is 1.19. The van der Waals surface area contributed by atoms with Crippen LogP contribution in [0.3, 0.4) is 0 Å². The third-order valence-electron chi connectivity index (χ3n) is 8.84. The largest absolute Gasteiger partial charge is 0.386 e. The lowest BCUT2D eigenvalue weighted by Gasteiger charge is -2.29. The van der Waals surface area contributed by atoms with Crippen LogP contribution < -0.4 is 0 Å². The Hall–Kier alpha value is -2.33. The standard InChI is InChI=1S/C34H43F3O/c1-4-6-8-26-11-13-28(14-12-26)29-19-17-27(18-20-29)24(3)38-34(36,37)32-22-21-31(23-33(32)35)30-15-9-25(7-5-2)10-16-30/h4-5,7,17-26,28,30H,1,6,8-16H2,2-3H3/b7-5+. The van der Waals surface area contributed by atoms with Crippen LogP contribution in [0.15, 0.2) is 67.3 Å². The molecule has 0 amide bonds. The summed E-state index contributed by atoms with van der Waals surface area (Å²) in [4.78, 5) is 0. The smallest absolute Gasteiger partial charge is 0.309 e. The molecule has 0 heterocycles. The Morgan fingerprint density at radius 3 is 2.13 bits per heavy atom. The molecule has 1 atom stereocenters. The van der Waals surface area contributed by atoms with Crippen LogP contribution in [0.5, 0.6) is 0 Å². The van der Waals surface area contributed by atoms with Gasteiger partial charge in [0.2, 0.25) is 0 Å². The molecule has 2 fully saturated rings. The van der Waals surface area contributed by atoms with Gasteiger partial charge in [-0.1, -0.05) is 48.6 Å². The molecular formula is C34H43F3O. The van der Waals surface area contributed by atoms with E-state index in [9.17, 15) is 4.39 Å². The lowest BCUT2D eigenvalue weighted by Crippen LogP contribution is -2.22. The number of rotatable bonds is 10. The second-order valence-electron chi connectivity index (χ2n) is 11.4. The zero-order chi connectivity index (χ0) is 27.1. The molecule has 4 rings (SSSR count). The maximum Gasteiger partial charge on any atom is 0.386 e. The summed E-state index contributed by atoms with van der Waals surface area (Å²) in [6.45, 7) is 7.45. The van der Waals surface area contributed by atoms with Crippen molar-refractivity contribution in [2.45, 2.75) is 102 Å². The molecular weight excluding hydrogens is 481 g/mol. The number of benzene rings is 2. The van der Waals surface area contributed by atoms with Gasteiger partial charge >= 0.3 is 6.11 Å². The van der Waals surface area contributed by atoms with Crippen LogP contribution >= 0.6 is 0 Å². The SMILES string of the molecule is C=CCCC1CCC(c2ccc(C(C)OC(F)(F)c3ccc(C4CCC(/C=C/C)CC4)cc3F)cc2)CC1. The fourth-order valence-corrected chi connectivity index (χ4v) is 6.47. The van der Waals surface area contributed by atoms with Gasteiger partial charge in [0.15, 0.2) is 0 Å². The zero-order valence-electron chi connectivity index (χ0n) is 23.0. The van der Waals surface area contributed by atoms with Crippen molar-refractivity contribution in [3.8, 4) is 0 Å². The molecule has 1 unspecified atom stereocenters. The van der Waals surface area contributed by atoms with Crippen LogP contribution in [-0.4, -0.2) is 0 Å². The summed E-state index contributed by atoms with van der Waals surface area (Å²) in [7, 11) is 0. The molecule has 2 aromatic rings. The fourth-order valence-electron chi connectivity index (χ4n) is 6.47. The van der Waals surface area contributed by atoms with E-state index in [1.807, 2.05) is 37.3 Å². The Balaban J connectivity index is 1.34. The van der Waals surface area contributed by atoms with Crippen LogP contribution in [0.4, 0.5) is 13.2 Å². The number of ether oxygens (including phenoxy) is 1. The monoisotopic (exact) mass is 524 g/mol. The predicted molar refractivity (Wildman–Crippen MR) is 150 cm³/mol. The molecule has 2 aliphatic carbocycles. The number of alkyl halides is 2. The Kier molecular flexibility index (Phi) is 9.92. The van der Waals surface area contributed by atoms with Crippen LogP contribution in [-0.2, 0) is 10.8 Å². The molecule has 4 heteroatoms. The molecule has 0 saturated heterocycles. The minimum atomic E-state index is -3.71. The minimum Gasteiger partial charge on any atom is -0.309 e. The van der Waals surface area contributed by atoms with Crippen molar-refractivity contribution in [3.63, 3.8) is 0 Å². The van der Waals surface area contributed by atoms with Gasteiger partial charge in [-0.15, -0.1) is 6.58 Å². The maximum absolute atomic E-state index is 15.1. The first kappa shape index (κ1) is 28.7. The summed E-state index contributed by atoms with van der Waals surface area (Å²) in [5, 5.41) is 0. The number of hydrogen-bond acceptors (Lipinski definition) is 1. The normalized spacial score (nSPS) is 25.4. The predicted octanol–water partition coefficient (Wildman–Crippen LogP) is 10.7. The van der Waals surface area contributed by atoms with Gasteiger partial charge in [0, 0.05) is 0 Å². The first-order valence-corrected chi connectivity index (χ1v) is 14.5. The van der Waals surface area contributed by atoms with E-state index in [0.717, 1.165) is 56.4 Å². The Bertz CT molecular complexity index is 1060. The molecule has 38 heavy (non-hydrogen) atoms. The van der Waals surface area contributed by atoms with Crippen molar-refractivity contribution in [3.05, 3.63) is 95.3 Å². The van der Waals surface area contributed by atoms with Crippen LogP contribution in [0, 0.1) is 17.7 Å². The number of halogens is 3. The summed E-state index contributed by atoms with van der Waals surface area (Å²) in [6.07, 6.45) is 12.8. The second-order valence-corrected chi connectivity index (χ2v) is 11.4. The van der Waals surface area contributed by atoms with Crippen LogP contribution in [0.25, 0.3) is 0 Å². The highest BCUT2D eigenvalue weighted by Crippen LogP contribution is 2.41. The molecule has 206 valence electrons. The van der Waals surface area contributed by atoms with E-state index in [1.54, 1.807) is 13.0 Å². The van der Waals surface area contributed by atoms with Crippen molar-refractivity contribution in [1.29, 1.82) is 0 Å². The highest BCUT2D eigenvalue weighted by molar-refractivity contribution is 5.30. The van der Waals surface area contributed by atoms with E-state index in [-0.39, 0.29) is 5.92 Å². The summed E-state index contributed by atoms with van der Waals surface area (Å²) >= 11 is 0. The van der Waals surface area contributed by atoms with Crippen LogP contribution in [0.1, 0.15) is 118 Å². The van der Waals surface area contributed by atoms with Gasteiger partial charge in [-0.2, -0.15) is 8.78 Å². The average Bonchev–Trinajstić information content (AvgIpc) is 2.92. The summed E-state index contributed by atoms with van der Waals surface area (Å²) in [5.41, 5.74) is 2.04. The van der Waals surface area contributed by atoms with Crippen LogP contribution in [0.2, 0.25) is 0 Å². The highest BCUT2D eigenvalue weighted by Gasteiger charge is 2.38. The van der Waals surface area contributed by atoms with E-state index < -0.39 is 23.6 Å². The molecule has 1 nitrogen and oxygen atoms in total. The third-order valence-corrected chi connectivity index (χ3v) is 8.84. The topological polar surface area (TPSA) is 9.23 Å². The van der Waals surface area contributed by atoms with Crippen molar-refractivity contribution >= 4 is 0 Å². The first-order chi connectivity index (χ1) is 18.3. The molecule has 0 aromatic heterocycles. The molecule has 0 radical (unpaired) electrons. The number of allylic oxidation sites excluding steroid dienone is 3. The minimum absolute atomic E-state index is 0.217. The van der Waals surface area contributed by atoms with E-state index in [2.05, 4.69) is 18.7 Å². The molecule has 0 bridgehead atoms. The van der Waals surface area contributed by atoms with Gasteiger partial charge in [0.25, 0.3) is 0 Å². The van der Waals surface area contributed by atoms with Gasteiger partial charge in [0.05, 0.1) is 11.7 Å². The van der Waals surface area contributed by atoms with Gasteiger partial charge in [-0.25, -0.2) is 4.39 Å². The van der Waals surface area contributed by atoms with E-state index in [4.69, 9.17) is 4.74 Å². The fraction of sp³-hybridized carbons (Fsp3) is 0.529. The molecule has 2 saturated carbocycles. The molecule has 2 aliphatic rings. The highest BCUT2D eigenvalue weighted by atomic mass is 19.3. The average molecular weight is 525 g/mol. The van der Waals surface area contributed by atoms with Crippen molar-refractivity contribution in [2.24, 2.45) is 11.8 Å². The van der Waals surface area contributed by atoms with E-state index >= 15 is 8.78 Å². The molecule has 0 spiro atoms.